The molecule has 0 bridgehead atoms. The first-order valence-electron chi connectivity index (χ1n) is 12.8. The van der Waals surface area contributed by atoms with Gasteiger partial charge in [0.25, 0.3) is 5.91 Å². The number of ether oxygens (including phenoxy) is 2. The summed E-state index contributed by atoms with van der Waals surface area (Å²) < 4.78 is 11.0. The summed E-state index contributed by atoms with van der Waals surface area (Å²) >= 11 is 6.24. The fraction of sp³-hybridized carbons (Fsp3) is 0.393. The number of hydrogen-bond donors (Lipinski definition) is 1. The summed E-state index contributed by atoms with van der Waals surface area (Å²) in [5.41, 5.74) is 2.13. The van der Waals surface area contributed by atoms with Gasteiger partial charge in [0.2, 0.25) is 0 Å². The maximum absolute atomic E-state index is 13.3. The Morgan fingerprint density at radius 2 is 1.71 bits per heavy atom. The van der Waals surface area contributed by atoms with E-state index in [1.807, 2.05) is 25.1 Å². The number of hydrogen-bond acceptors (Lipinski definition) is 6. The minimum absolute atomic E-state index is 0.106. The number of rotatable bonds is 8. The lowest BCUT2D eigenvalue weighted by Gasteiger charge is -2.40. The van der Waals surface area contributed by atoms with Crippen molar-refractivity contribution < 1.29 is 23.9 Å². The van der Waals surface area contributed by atoms with Crippen molar-refractivity contribution in [3.63, 3.8) is 0 Å². The van der Waals surface area contributed by atoms with Crippen molar-refractivity contribution in [3.05, 3.63) is 76.0 Å². The molecule has 2 heterocycles. The fourth-order valence-electron chi connectivity index (χ4n) is 4.92. The molecule has 38 heavy (non-hydrogen) atoms. The molecule has 0 spiro atoms. The number of nitrogens with one attached hydrogen (secondary N) is 1. The molecule has 0 aromatic heterocycles. The van der Waals surface area contributed by atoms with E-state index < -0.39 is 12.0 Å². The Balaban J connectivity index is 1.62. The summed E-state index contributed by atoms with van der Waals surface area (Å²) in [4.78, 5) is 45.1. The van der Waals surface area contributed by atoms with Crippen molar-refractivity contribution in [1.29, 1.82) is 0 Å². The standard InChI is InChI=1S/C28H33ClN4O5/c1-4-33-22(18-31-14-16-32(17-15-31)26(34)19-10-6-8-12-21(19)29)24(27(35)38-5-2)25(30-28(33)36)20-11-7-9-13-23(20)37-3/h6-13,25H,4-5,14-18H2,1-3H3,(H,30,36). The second kappa shape index (κ2) is 12.3. The molecule has 0 radical (unpaired) electrons. The minimum Gasteiger partial charge on any atom is -0.496 e. The number of para-hydroxylation sites is 1. The zero-order chi connectivity index (χ0) is 27.2. The number of methoxy groups -OCH3 is 1. The number of carbonyl (C=O) groups excluding carboxylic acids is 3. The molecule has 0 saturated carbocycles. The monoisotopic (exact) mass is 540 g/mol. The van der Waals surface area contributed by atoms with Crippen LogP contribution in [0.25, 0.3) is 0 Å². The van der Waals surface area contributed by atoms with Crippen LogP contribution in [0.15, 0.2) is 59.8 Å². The first kappa shape index (κ1) is 27.5. The van der Waals surface area contributed by atoms with Crippen molar-refractivity contribution in [1.82, 2.24) is 20.0 Å². The average Bonchev–Trinajstić information content (AvgIpc) is 2.93. The van der Waals surface area contributed by atoms with Gasteiger partial charge in [0.1, 0.15) is 5.75 Å². The Bertz CT molecular complexity index is 1230. The third-order valence-corrected chi connectivity index (χ3v) is 7.17. The first-order valence-corrected chi connectivity index (χ1v) is 13.1. The van der Waals surface area contributed by atoms with Crippen molar-refractivity contribution >= 4 is 29.5 Å². The van der Waals surface area contributed by atoms with E-state index in [2.05, 4.69) is 10.2 Å². The summed E-state index contributed by atoms with van der Waals surface area (Å²) in [7, 11) is 1.56. The van der Waals surface area contributed by atoms with Gasteiger partial charge >= 0.3 is 12.0 Å². The highest BCUT2D eigenvalue weighted by molar-refractivity contribution is 6.33. The van der Waals surface area contributed by atoms with Crippen LogP contribution in [-0.4, -0.2) is 85.6 Å². The summed E-state index contributed by atoms with van der Waals surface area (Å²) in [5.74, 6) is -0.0230. The third kappa shape index (κ3) is 5.63. The molecule has 10 heteroatoms. The van der Waals surface area contributed by atoms with Crippen molar-refractivity contribution in [2.24, 2.45) is 0 Å². The van der Waals surface area contributed by atoms with Crippen molar-refractivity contribution in [2.75, 3.05) is 53.0 Å². The number of piperazine rings is 1. The first-order chi connectivity index (χ1) is 18.4. The van der Waals surface area contributed by atoms with Gasteiger partial charge in [-0.1, -0.05) is 41.9 Å². The Morgan fingerprint density at radius 3 is 2.37 bits per heavy atom. The smallest absolute Gasteiger partial charge is 0.338 e. The van der Waals surface area contributed by atoms with E-state index in [0.29, 0.717) is 72.4 Å². The normalized spacial score (nSPS) is 18.3. The number of halogens is 1. The third-order valence-electron chi connectivity index (χ3n) is 6.84. The lowest BCUT2D eigenvalue weighted by atomic mass is 9.93. The number of urea groups is 1. The van der Waals surface area contributed by atoms with Crippen molar-refractivity contribution in [3.8, 4) is 5.75 Å². The largest absolute Gasteiger partial charge is 0.496 e. The van der Waals surface area contributed by atoms with Gasteiger partial charge < -0.3 is 19.7 Å². The van der Waals surface area contributed by atoms with Crippen molar-refractivity contribution in [2.45, 2.75) is 19.9 Å². The maximum Gasteiger partial charge on any atom is 0.338 e. The molecule has 1 saturated heterocycles. The summed E-state index contributed by atoms with van der Waals surface area (Å²) in [5, 5.41) is 3.40. The van der Waals surface area contributed by atoms with Gasteiger partial charge in [-0.15, -0.1) is 0 Å². The van der Waals surface area contributed by atoms with E-state index in [-0.39, 0.29) is 18.5 Å². The molecule has 202 valence electrons. The van der Waals surface area contributed by atoms with Crippen LogP contribution in [0.4, 0.5) is 4.79 Å². The summed E-state index contributed by atoms with van der Waals surface area (Å²) in [6.45, 7) is 6.72. The van der Waals surface area contributed by atoms with Gasteiger partial charge in [0, 0.05) is 50.5 Å². The average molecular weight is 541 g/mol. The number of benzene rings is 2. The number of nitrogens with zero attached hydrogens (tertiary/aromatic N) is 3. The highest BCUT2D eigenvalue weighted by Gasteiger charge is 2.39. The molecule has 3 amide bonds. The van der Waals surface area contributed by atoms with Crippen LogP contribution in [0.5, 0.6) is 5.75 Å². The summed E-state index contributed by atoms with van der Waals surface area (Å²) in [6.07, 6.45) is 0. The molecule has 4 rings (SSSR count). The molecule has 1 unspecified atom stereocenters. The minimum atomic E-state index is -0.724. The van der Waals surface area contributed by atoms with Crippen LogP contribution in [0.3, 0.4) is 0 Å². The van der Waals surface area contributed by atoms with E-state index in [0.717, 1.165) is 0 Å². The summed E-state index contributed by atoms with van der Waals surface area (Å²) in [6, 6.07) is 13.3. The molecule has 2 aromatic rings. The fourth-order valence-corrected chi connectivity index (χ4v) is 5.14. The van der Waals surface area contributed by atoms with Crippen LogP contribution in [0, 0.1) is 0 Å². The van der Waals surface area contributed by atoms with E-state index in [1.165, 1.54) is 0 Å². The van der Waals surface area contributed by atoms with E-state index >= 15 is 0 Å². The molecule has 2 aromatic carbocycles. The highest BCUT2D eigenvalue weighted by Crippen LogP contribution is 2.36. The molecule has 1 N–H and O–H groups in total. The molecule has 2 aliphatic heterocycles. The predicted molar refractivity (Wildman–Crippen MR) is 144 cm³/mol. The zero-order valence-corrected chi connectivity index (χ0v) is 22.7. The van der Waals surface area contributed by atoms with Crippen LogP contribution in [0.1, 0.15) is 35.8 Å². The molecule has 2 aliphatic rings. The van der Waals surface area contributed by atoms with E-state index in [9.17, 15) is 14.4 Å². The topological polar surface area (TPSA) is 91.4 Å². The highest BCUT2D eigenvalue weighted by atomic mass is 35.5. The lowest BCUT2D eigenvalue weighted by Crippen LogP contribution is -2.53. The van der Waals surface area contributed by atoms with Gasteiger partial charge in [-0.3, -0.25) is 14.6 Å². The quantitative estimate of drug-likeness (QED) is 0.513. The van der Waals surface area contributed by atoms with Crippen LogP contribution in [-0.2, 0) is 9.53 Å². The van der Waals surface area contributed by atoms with Gasteiger partial charge in [-0.2, -0.15) is 0 Å². The molecule has 0 aliphatic carbocycles. The Kier molecular flexibility index (Phi) is 8.91. The van der Waals surface area contributed by atoms with Gasteiger partial charge in [0.15, 0.2) is 0 Å². The number of likely N-dealkylation sites (N-methyl/N-ethyl adjacent to an activating group) is 1. The molecule has 1 fully saturated rings. The van der Waals surface area contributed by atoms with Crippen LogP contribution >= 0.6 is 11.6 Å². The molecule has 9 nitrogen and oxygen atoms in total. The Labute approximate surface area is 227 Å². The van der Waals surface area contributed by atoms with Crippen LogP contribution in [0.2, 0.25) is 5.02 Å². The van der Waals surface area contributed by atoms with E-state index in [4.69, 9.17) is 21.1 Å². The van der Waals surface area contributed by atoms with Crippen LogP contribution < -0.4 is 10.1 Å². The van der Waals surface area contributed by atoms with Gasteiger partial charge in [-0.25, -0.2) is 9.59 Å². The second-order valence-electron chi connectivity index (χ2n) is 9.00. The zero-order valence-electron chi connectivity index (χ0n) is 21.9. The molecular formula is C28H33ClN4O5. The lowest BCUT2D eigenvalue weighted by molar-refractivity contribution is -0.139. The number of carbonyl (C=O) groups is 3. The van der Waals surface area contributed by atoms with Gasteiger partial charge in [-0.05, 0) is 32.0 Å². The SMILES string of the molecule is CCOC(=O)C1=C(CN2CCN(C(=O)c3ccccc3Cl)CC2)N(CC)C(=O)NC1c1ccccc1OC. The Morgan fingerprint density at radius 1 is 1.03 bits per heavy atom. The second-order valence-corrected chi connectivity index (χ2v) is 9.40. The number of amides is 3. The maximum atomic E-state index is 13.3. The van der Waals surface area contributed by atoms with E-state index in [1.54, 1.807) is 54.2 Å². The predicted octanol–water partition coefficient (Wildman–Crippen LogP) is 3.71. The molecular weight excluding hydrogens is 508 g/mol. The Hall–Kier alpha value is -3.56. The molecule has 1 atom stereocenters. The number of esters is 1. The van der Waals surface area contributed by atoms with Gasteiger partial charge in [0.05, 0.1) is 35.9 Å².